The van der Waals surface area contributed by atoms with Crippen LogP contribution >= 0.6 is 15.9 Å². The SMILES string of the molecule is COc1ccc(C(=O)NNS(=O)(=O)c2cccc(Br)c2)cc1. The second-order valence-corrected chi connectivity index (χ2v) is 6.84. The molecule has 0 saturated heterocycles. The van der Waals surface area contributed by atoms with Crippen LogP contribution in [0.5, 0.6) is 5.75 Å². The first-order valence-electron chi connectivity index (χ1n) is 6.14. The Morgan fingerprint density at radius 2 is 1.82 bits per heavy atom. The molecule has 0 fully saturated rings. The third kappa shape index (κ3) is 4.06. The number of hydrogen-bond acceptors (Lipinski definition) is 4. The number of methoxy groups -OCH3 is 1. The highest BCUT2D eigenvalue weighted by molar-refractivity contribution is 9.10. The zero-order valence-electron chi connectivity index (χ0n) is 11.5. The number of hydrazine groups is 1. The largest absolute Gasteiger partial charge is 0.497 e. The molecule has 6 nitrogen and oxygen atoms in total. The normalized spacial score (nSPS) is 11.0. The molecule has 0 saturated carbocycles. The number of amides is 1. The molecule has 0 atom stereocenters. The van der Waals surface area contributed by atoms with Gasteiger partial charge in [-0.05, 0) is 42.5 Å². The molecular formula is C14H13BrN2O4S. The van der Waals surface area contributed by atoms with Crippen molar-refractivity contribution in [2.24, 2.45) is 0 Å². The van der Waals surface area contributed by atoms with Crippen molar-refractivity contribution < 1.29 is 17.9 Å². The first kappa shape index (κ1) is 16.5. The van der Waals surface area contributed by atoms with Crippen LogP contribution in [0.4, 0.5) is 0 Å². The maximum Gasteiger partial charge on any atom is 0.266 e. The van der Waals surface area contributed by atoms with E-state index in [9.17, 15) is 13.2 Å². The molecule has 116 valence electrons. The molecule has 2 aromatic carbocycles. The molecule has 0 spiro atoms. The van der Waals surface area contributed by atoms with E-state index in [4.69, 9.17) is 4.74 Å². The minimum atomic E-state index is -3.84. The van der Waals surface area contributed by atoms with Crippen molar-refractivity contribution in [1.29, 1.82) is 0 Å². The molecule has 0 unspecified atom stereocenters. The van der Waals surface area contributed by atoms with Crippen LogP contribution in [0.1, 0.15) is 10.4 Å². The topological polar surface area (TPSA) is 84.5 Å². The predicted octanol–water partition coefficient (Wildman–Crippen LogP) is 2.08. The summed E-state index contributed by atoms with van der Waals surface area (Å²) in [7, 11) is -2.32. The van der Waals surface area contributed by atoms with Crippen LogP contribution in [0.25, 0.3) is 0 Å². The highest BCUT2D eigenvalue weighted by Gasteiger charge is 2.15. The van der Waals surface area contributed by atoms with E-state index in [1.54, 1.807) is 24.3 Å². The van der Waals surface area contributed by atoms with Crippen molar-refractivity contribution in [2.75, 3.05) is 7.11 Å². The van der Waals surface area contributed by atoms with Crippen LogP contribution in [-0.2, 0) is 10.0 Å². The van der Waals surface area contributed by atoms with Crippen LogP contribution in [0.2, 0.25) is 0 Å². The predicted molar refractivity (Wildman–Crippen MR) is 84.9 cm³/mol. The van der Waals surface area contributed by atoms with Crippen LogP contribution in [0.15, 0.2) is 57.9 Å². The summed E-state index contributed by atoms with van der Waals surface area (Å²) in [5, 5.41) is 0. The van der Waals surface area contributed by atoms with Gasteiger partial charge in [-0.15, -0.1) is 4.83 Å². The van der Waals surface area contributed by atoms with Crippen molar-refractivity contribution in [3.63, 3.8) is 0 Å². The summed E-state index contributed by atoms with van der Waals surface area (Å²) in [4.78, 5) is 14.0. The fraction of sp³-hybridized carbons (Fsp3) is 0.0714. The Kier molecular flexibility index (Phi) is 5.17. The number of ether oxygens (including phenoxy) is 1. The van der Waals surface area contributed by atoms with Crippen molar-refractivity contribution in [3.8, 4) is 5.75 Å². The van der Waals surface area contributed by atoms with E-state index >= 15 is 0 Å². The van der Waals surface area contributed by atoms with Gasteiger partial charge in [0.25, 0.3) is 15.9 Å². The fourth-order valence-corrected chi connectivity index (χ4v) is 3.06. The zero-order valence-corrected chi connectivity index (χ0v) is 13.9. The van der Waals surface area contributed by atoms with E-state index in [0.717, 1.165) is 0 Å². The number of carbonyl (C=O) groups excluding carboxylic acids is 1. The summed E-state index contributed by atoms with van der Waals surface area (Å²) in [5.74, 6) is 0.0347. The van der Waals surface area contributed by atoms with Crippen LogP contribution in [0.3, 0.4) is 0 Å². The molecular weight excluding hydrogens is 372 g/mol. The van der Waals surface area contributed by atoms with Gasteiger partial charge in [0.05, 0.1) is 12.0 Å². The molecule has 2 aromatic rings. The summed E-state index contributed by atoms with van der Waals surface area (Å²) < 4.78 is 29.7. The summed E-state index contributed by atoms with van der Waals surface area (Å²) in [6.45, 7) is 0. The number of nitrogens with one attached hydrogen (secondary N) is 2. The Bertz CT molecular complexity index is 776. The fourth-order valence-electron chi connectivity index (χ4n) is 1.62. The molecule has 1 amide bonds. The van der Waals surface area contributed by atoms with Gasteiger partial charge in [-0.2, -0.15) is 0 Å². The maximum absolute atomic E-state index is 12.1. The quantitative estimate of drug-likeness (QED) is 0.772. The Morgan fingerprint density at radius 3 is 2.41 bits per heavy atom. The zero-order chi connectivity index (χ0) is 16.2. The number of rotatable bonds is 5. The number of hydrogen-bond donors (Lipinski definition) is 2. The molecule has 0 aliphatic rings. The first-order valence-corrected chi connectivity index (χ1v) is 8.42. The van der Waals surface area contributed by atoms with Crippen molar-refractivity contribution >= 4 is 31.9 Å². The molecule has 0 heterocycles. The van der Waals surface area contributed by atoms with Crippen molar-refractivity contribution in [3.05, 3.63) is 58.6 Å². The monoisotopic (exact) mass is 384 g/mol. The number of sulfonamides is 1. The second-order valence-electron chi connectivity index (χ2n) is 4.25. The first-order chi connectivity index (χ1) is 10.4. The lowest BCUT2D eigenvalue weighted by molar-refractivity contribution is 0.0945. The second kappa shape index (κ2) is 6.91. The van der Waals surface area contributed by atoms with Crippen molar-refractivity contribution in [1.82, 2.24) is 10.3 Å². The molecule has 0 radical (unpaired) electrons. The van der Waals surface area contributed by atoms with Crippen molar-refractivity contribution in [2.45, 2.75) is 4.90 Å². The molecule has 0 bridgehead atoms. The van der Waals surface area contributed by atoms with Crippen LogP contribution in [0, 0.1) is 0 Å². The van der Waals surface area contributed by atoms with Gasteiger partial charge in [-0.1, -0.05) is 22.0 Å². The lowest BCUT2D eigenvalue weighted by atomic mass is 10.2. The third-order valence-corrected chi connectivity index (χ3v) is 4.50. The van der Waals surface area contributed by atoms with Gasteiger partial charge in [-0.25, -0.2) is 8.42 Å². The highest BCUT2D eigenvalue weighted by atomic mass is 79.9. The van der Waals surface area contributed by atoms with Gasteiger partial charge < -0.3 is 4.74 Å². The average molecular weight is 385 g/mol. The Labute approximate surface area is 136 Å². The highest BCUT2D eigenvalue weighted by Crippen LogP contribution is 2.15. The standard InChI is InChI=1S/C14H13BrN2O4S/c1-21-12-7-5-10(6-8-12)14(18)16-17-22(19,20)13-4-2-3-11(15)9-13/h2-9,17H,1H3,(H,16,18). The van der Waals surface area contributed by atoms with Gasteiger partial charge in [0.15, 0.2) is 0 Å². The molecule has 8 heteroatoms. The molecule has 2 rings (SSSR count). The third-order valence-electron chi connectivity index (χ3n) is 2.76. The maximum atomic E-state index is 12.1. The van der Waals surface area contributed by atoms with E-state index < -0.39 is 15.9 Å². The summed E-state index contributed by atoms with van der Waals surface area (Å²) in [5.41, 5.74) is 2.47. The van der Waals surface area contributed by atoms with Crippen LogP contribution < -0.4 is 15.0 Å². The van der Waals surface area contributed by atoms with E-state index in [1.807, 2.05) is 4.83 Å². The van der Waals surface area contributed by atoms with Gasteiger partial charge >= 0.3 is 0 Å². The minimum absolute atomic E-state index is 0.0388. The van der Waals surface area contributed by atoms with Gasteiger partial charge in [0, 0.05) is 10.0 Å². The lowest BCUT2D eigenvalue weighted by Crippen LogP contribution is -2.41. The number of carbonyl (C=O) groups is 1. The average Bonchev–Trinajstić information content (AvgIpc) is 2.53. The van der Waals surface area contributed by atoms with E-state index in [0.29, 0.717) is 15.8 Å². The Balaban J connectivity index is 2.06. The van der Waals surface area contributed by atoms with Gasteiger partial charge in [0.2, 0.25) is 0 Å². The number of benzene rings is 2. The summed E-state index contributed by atoms with van der Waals surface area (Å²) in [6, 6.07) is 12.4. The van der Waals surface area contributed by atoms with Gasteiger partial charge in [-0.3, -0.25) is 10.2 Å². The van der Waals surface area contributed by atoms with E-state index in [-0.39, 0.29) is 4.90 Å². The molecule has 0 aliphatic carbocycles. The van der Waals surface area contributed by atoms with E-state index in [2.05, 4.69) is 21.4 Å². The molecule has 0 aromatic heterocycles. The Morgan fingerprint density at radius 1 is 1.14 bits per heavy atom. The minimum Gasteiger partial charge on any atom is -0.497 e. The summed E-state index contributed by atoms with van der Waals surface area (Å²) >= 11 is 3.19. The molecule has 2 N–H and O–H groups in total. The summed E-state index contributed by atoms with van der Waals surface area (Å²) in [6.07, 6.45) is 0. The van der Waals surface area contributed by atoms with E-state index in [1.165, 1.54) is 31.4 Å². The molecule has 22 heavy (non-hydrogen) atoms. The Hall–Kier alpha value is -1.90. The molecule has 0 aliphatic heterocycles. The lowest BCUT2D eigenvalue weighted by Gasteiger charge is -2.09. The van der Waals surface area contributed by atoms with Crippen LogP contribution in [-0.4, -0.2) is 21.4 Å². The smallest absolute Gasteiger partial charge is 0.266 e. The number of halogens is 1. The van der Waals surface area contributed by atoms with Gasteiger partial charge in [0.1, 0.15) is 5.75 Å².